The third kappa shape index (κ3) is 2.71. The van der Waals surface area contributed by atoms with E-state index in [2.05, 4.69) is 20.3 Å². The van der Waals surface area contributed by atoms with E-state index in [-0.39, 0.29) is 5.91 Å². The summed E-state index contributed by atoms with van der Waals surface area (Å²) < 4.78 is 0. The van der Waals surface area contributed by atoms with E-state index in [1.807, 2.05) is 13.0 Å². The molecule has 2 aromatic heterocycles. The number of carbonyl (C=O) groups excluding carboxylic acids is 1. The van der Waals surface area contributed by atoms with Crippen LogP contribution >= 0.6 is 0 Å². The van der Waals surface area contributed by atoms with Gasteiger partial charge in [0.15, 0.2) is 0 Å². The smallest absolute Gasteiger partial charge is 0.268 e. The van der Waals surface area contributed by atoms with Crippen molar-refractivity contribution >= 4 is 5.91 Å². The van der Waals surface area contributed by atoms with Crippen molar-refractivity contribution in [2.45, 2.75) is 13.5 Å². The van der Waals surface area contributed by atoms with Gasteiger partial charge in [-0.2, -0.15) is 5.26 Å². The number of nitriles is 1. The normalized spacial score (nSPS) is 9.78. The highest BCUT2D eigenvalue weighted by Crippen LogP contribution is 2.02. The molecule has 2 N–H and O–H groups in total. The first kappa shape index (κ1) is 11.8. The third-order valence-electron chi connectivity index (χ3n) is 2.32. The molecule has 0 atom stereocenters. The zero-order valence-corrected chi connectivity index (χ0v) is 9.77. The molecule has 2 heterocycles. The molecule has 0 aliphatic rings. The van der Waals surface area contributed by atoms with Gasteiger partial charge in [0, 0.05) is 12.4 Å². The van der Waals surface area contributed by atoms with Crippen LogP contribution in [0.1, 0.15) is 27.4 Å². The Morgan fingerprint density at radius 3 is 2.94 bits per heavy atom. The number of H-pyrrole nitrogens is 1. The summed E-state index contributed by atoms with van der Waals surface area (Å²) >= 11 is 0. The van der Waals surface area contributed by atoms with Gasteiger partial charge in [-0.15, -0.1) is 0 Å². The van der Waals surface area contributed by atoms with E-state index in [1.165, 1.54) is 12.3 Å². The molecule has 0 aliphatic heterocycles. The molecule has 0 fully saturated rings. The minimum atomic E-state index is -0.279. The van der Waals surface area contributed by atoms with Gasteiger partial charge in [-0.25, -0.2) is 0 Å². The lowest BCUT2D eigenvalue weighted by atomic mass is 10.3. The van der Waals surface area contributed by atoms with Crippen molar-refractivity contribution in [1.82, 2.24) is 20.3 Å². The standard InChI is InChI=1S/C12H11N5O/c1-8-4-15-10(6-14-8)7-17-12(18)11-2-9(3-13)5-16-11/h2,4-6,16H,7H2,1H3,(H,17,18). The van der Waals surface area contributed by atoms with Crippen LogP contribution in [0.15, 0.2) is 24.7 Å². The second kappa shape index (κ2) is 5.10. The number of hydrogen-bond acceptors (Lipinski definition) is 4. The van der Waals surface area contributed by atoms with E-state index >= 15 is 0 Å². The molecule has 1 amide bonds. The van der Waals surface area contributed by atoms with Gasteiger partial charge in [0.1, 0.15) is 11.8 Å². The highest BCUT2D eigenvalue weighted by atomic mass is 16.1. The van der Waals surface area contributed by atoms with E-state index in [0.717, 1.165) is 5.69 Å². The molecular formula is C12H11N5O. The first-order chi connectivity index (χ1) is 8.69. The van der Waals surface area contributed by atoms with Gasteiger partial charge in [0.05, 0.1) is 29.7 Å². The number of nitrogens with one attached hydrogen (secondary N) is 2. The Morgan fingerprint density at radius 2 is 2.33 bits per heavy atom. The average molecular weight is 241 g/mol. The summed E-state index contributed by atoms with van der Waals surface area (Å²) in [4.78, 5) is 22.7. The minimum absolute atomic E-state index is 0.279. The second-order valence-electron chi connectivity index (χ2n) is 3.75. The Labute approximate surface area is 104 Å². The monoisotopic (exact) mass is 241 g/mol. The largest absolute Gasteiger partial charge is 0.356 e. The van der Waals surface area contributed by atoms with Crippen molar-refractivity contribution in [3.05, 3.63) is 47.3 Å². The Hall–Kier alpha value is -2.68. The highest BCUT2D eigenvalue weighted by molar-refractivity contribution is 5.92. The molecule has 0 radical (unpaired) electrons. The van der Waals surface area contributed by atoms with Crippen LogP contribution in [0, 0.1) is 18.3 Å². The summed E-state index contributed by atoms with van der Waals surface area (Å²) in [5, 5.41) is 11.3. The Bertz CT molecular complexity index is 594. The highest BCUT2D eigenvalue weighted by Gasteiger charge is 2.08. The lowest BCUT2D eigenvalue weighted by molar-refractivity contribution is 0.0946. The lowest BCUT2D eigenvalue weighted by Gasteiger charge is -2.02. The summed E-state index contributed by atoms with van der Waals surface area (Å²) in [5.74, 6) is -0.279. The van der Waals surface area contributed by atoms with Crippen molar-refractivity contribution in [3.8, 4) is 6.07 Å². The molecule has 18 heavy (non-hydrogen) atoms. The van der Waals surface area contributed by atoms with Crippen LogP contribution in [0.5, 0.6) is 0 Å². The number of aryl methyl sites for hydroxylation is 1. The Morgan fingerprint density at radius 1 is 1.50 bits per heavy atom. The van der Waals surface area contributed by atoms with E-state index in [4.69, 9.17) is 5.26 Å². The third-order valence-corrected chi connectivity index (χ3v) is 2.32. The van der Waals surface area contributed by atoms with Crippen LogP contribution < -0.4 is 5.32 Å². The van der Waals surface area contributed by atoms with Crippen LogP contribution in [0.25, 0.3) is 0 Å². The zero-order valence-electron chi connectivity index (χ0n) is 9.77. The van der Waals surface area contributed by atoms with Crippen LogP contribution in [0.4, 0.5) is 0 Å². The van der Waals surface area contributed by atoms with Gasteiger partial charge in [-0.1, -0.05) is 0 Å². The van der Waals surface area contributed by atoms with Crippen LogP contribution in [-0.4, -0.2) is 20.9 Å². The first-order valence-electron chi connectivity index (χ1n) is 5.33. The van der Waals surface area contributed by atoms with Crippen LogP contribution in [0.2, 0.25) is 0 Å². The quantitative estimate of drug-likeness (QED) is 0.835. The van der Waals surface area contributed by atoms with E-state index in [0.29, 0.717) is 23.5 Å². The number of hydrogen-bond donors (Lipinski definition) is 2. The number of amides is 1. The predicted molar refractivity (Wildman–Crippen MR) is 63.4 cm³/mol. The molecule has 0 unspecified atom stereocenters. The SMILES string of the molecule is Cc1cnc(CNC(=O)c2cc(C#N)c[nH]2)cn1. The second-order valence-corrected chi connectivity index (χ2v) is 3.75. The topological polar surface area (TPSA) is 94.5 Å². The lowest BCUT2D eigenvalue weighted by Crippen LogP contribution is -2.23. The van der Waals surface area contributed by atoms with Gasteiger partial charge >= 0.3 is 0 Å². The molecule has 0 spiro atoms. The number of aromatic amines is 1. The summed E-state index contributed by atoms with van der Waals surface area (Å²) in [5.41, 5.74) is 2.29. The first-order valence-corrected chi connectivity index (χ1v) is 5.33. The molecule has 2 aromatic rings. The van der Waals surface area contributed by atoms with Gasteiger partial charge in [0.25, 0.3) is 5.91 Å². The zero-order chi connectivity index (χ0) is 13.0. The molecule has 2 rings (SSSR count). The number of aromatic nitrogens is 3. The molecule has 6 heteroatoms. The van der Waals surface area contributed by atoms with Crippen molar-refractivity contribution in [2.75, 3.05) is 0 Å². The maximum absolute atomic E-state index is 11.7. The van der Waals surface area contributed by atoms with Gasteiger partial charge in [-0.05, 0) is 13.0 Å². The van der Waals surface area contributed by atoms with Gasteiger partial charge in [-0.3, -0.25) is 14.8 Å². The fourth-order valence-electron chi connectivity index (χ4n) is 1.37. The summed E-state index contributed by atoms with van der Waals surface area (Å²) in [6, 6.07) is 3.44. The average Bonchev–Trinajstić information content (AvgIpc) is 2.86. The predicted octanol–water partition coefficient (Wildman–Crippen LogP) is 0.915. The molecule has 90 valence electrons. The van der Waals surface area contributed by atoms with E-state index in [1.54, 1.807) is 12.4 Å². The minimum Gasteiger partial charge on any atom is -0.356 e. The van der Waals surface area contributed by atoms with Gasteiger partial charge in [0.2, 0.25) is 0 Å². The molecule has 0 saturated carbocycles. The van der Waals surface area contributed by atoms with Gasteiger partial charge < -0.3 is 10.3 Å². The number of carbonyl (C=O) groups is 1. The summed E-state index contributed by atoms with van der Waals surface area (Å²) in [6.45, 7) is 2.14. The fraction of sp³-hybridized carbons (Fsp3) is 0.167. The fourth-order valence-corrected chi connectivity index (χ4v) is 1.37. The maximum Gasteiger partial charge on any atom is 0.268 e. The maximum atomic E-state index is 11.7. The number of rotatable bonds is 3. The summed E-state index contributed by atoms with van der Waals surface area (Å²) in [6.07, 6.45) is 4.75. The Kier molecular flexibility index (Phi) is 3.34. The summed E-state index contributed by atoms with van der Waals surface area (Å²) in [7, 11) is 0. The van der Waals surface area contributed by atoms with Crippen LogP contribution in [-0.2, 0) is 6.54 Å². The molecule has 0 aliphatic carbocycles. The number of nitrogens with zero attached hydrogens (tertiary/aromatic N) is 3. The molecule has 6 nitrogen and oxygen atoms in total. The Balaban J connectivity index is 1.96. The van der Waals surface area contributed by atoms with Crippen molar-refractivity contribution in [3.63, 3.8) is 0 Å². The van der Waals surface area contributed by atoms with Crippen molar-refractivity contribution in [2.24, 2.45) is 0 Å². The molecule has 0 saturated heterocycles. The van der Waals surface area contributed by atoms with Crippen molar-refractivity contribution < 1.29 is 4.79 Å². The molecule has 0 bridgehead atoms. The molecule has 0 aromatic carbocycles. The van der Waals surface area contributed by atoms with E-state index in [9.17, 15) is 4.79 Å². The molecular weight excluding hydrogens is 230 g/mol. The van der Waals surface area contributed by atoms with Crippen molar-refractivity contribution in [1.29, 1.82) is 5.26 Å². The van der Waals surface area contributed by atoms with Crippen LogP contribution in [0.3, 0.4) is 0 Å². The van der Waals surface area contributed by atoms with E-state index < -0.39 is 0 Å².